The molecular formula is C17H19N3O2. The van der Waals surface area contributed by atoms with Gasteiger partial charge < -0.3 is 10.2 Å². The number of nitrogens with zero attached hydrogens (tertiary/aromatic N) is 2. The Hall–Kier alpha value is -2.69. The van der Waals surface area contributed by atoms with Crippen LogP contribution in [0.2, 0.25) is 0 Å². The van der Waals surface area contributed by atoms with E-state index in [-0.39, 0.29) is 18.2 Å². The molecule has 0 saturated heterocycles. The summed E-state index contributed by atoms with van der Waals surface area (Å²) in [4.78, 5) is 29.4. The fourth-order valence-corrected chi connectivity index (χ4v) is 2.02. The van der Waals surface area contributed by atoms with Crippen LogP contribution in [0.3, 0.4) is 0 Å². The molecule has 22 heavy (non-hydrogen) atoms. The number of nitrogens with one attached hydrogen (secondary N) is 1. The van der Waals surface area contributed by atoms with Crippen molar-refractivity contribution >= 4 is 17.5 Å². The molecule has 0 atom stereocenters. The van der Waals surface area contributed by atoms with Gasteiger partial charge in [-0.3, -0.25) is 14.6 Å². The molecule has 1 aromatic carbocycles. The van der Waals surface area contributed by atoms with Crippen molar-refractivity contribution in [3.63, 3.8) is 0 Å². The summed E-state index contributed by atoms with van der Waals surface area (Å²) >= 11 is 0. The average Bonchev–Trinajstić information content (AvgIpc) is 2.53. The van der Waals surface area contributed by atoms with Crippen molar-refractivity contribution < 1.29 is 9.59 Å². The van der Waals surface area contributed by atoms with Gasteiger partial charge in [0.15, 0.2) is 0 Å². The zero-order chi connectivity index (χ0) is 15.8. The molecule has 0 radical (unpaired) electrons. The van der Waals surface area contributed by atoms with E-state index >= 15 is 0 Å². The van der Waals surface area contributed by atoms with Crippen LogP contribution in [-0.2, 0) is 16.1 Å². The van der Waals surface area contributed by atoms with Gasteiger partial charge in [-0.15, -0.1) is 0 Å². The first-order chi connectivity index (χ1) is 10.6. The lowest BCUT2D eigenvalue weighted by molar-refractivity contribution is -0.130. The molecule has 1 heterocycles. The number of aromatic nitrogens is 1. The maximum atomic E-state index is 11.9. The Labute approximate surface area is 130 Å². The molecule has 0 aliphatic rings. The molecule has 0 aliphatic carbocycles. The number of carbonyl (C=O) groups is 2. The predicted octanol–water partition coefficient (Wildman–Crippen LogP) is 2.46. The van der Waals surface area contributed by atoms with E-state index in [9.17, 15) is 9.59 Å². The van der Waals surface area contributed by atoms with E-state index in [0.29, 0.717) is 13.1 Å². The molecule has 5 heteroatoms. The van der Waals surface area contributed by atoms with Gasteiger partial charge in [0.1, 0.15) is 0 Å². The third-order valence-electron chi connectivity index (χ3n) is 3.19. The first kappa shape index (κ1) is 15.7. The van der Waals surface area contributed by atoms with Gasteiger partial charge in [-0.1, -0.05) is 24.3 Å². The van der Waals surface area contributed by atoms with Crippen molar-refractivity contribution in [3.8, 4) is 0 Å². The molecule has 0 saturated carbocycles. The number of benzene rings is 1. The number of hydrogen-bond acceptors (Lipinski definition) is 3. The highest BCUT2D eigenvalue weighted by Gasteiger charge is 2.12. The SMILES string of the molecule is CC(=O)N(CCC(=O)Nc1ccccc1)Cc1ccccn1. The number of carbonyl (C=O) groups excluding carboxylic acids is 2. The molecule has 0 bridgehead atoms. The fourth-order valence-electron chi connectivity index (χ4n) is 2.02. The van der Waals surface area contributed by atoms with Crippen LogP contribution in [0.25, 0.3) is 0 Å². The normalized spacial score (nSPS) is 10.0. The molecule has 2 rings (SSSR count). The minimum atomic E-state index is -0.113. The van der Waals surface area contributed by atoms with Gasteiger partial charge in [0.2, 0.25) is 11.8 Å². The largest absolute Gasteiger partial charge is 0.337 e. The standard InChI is InChI=1S/C17H19N3O2/c1-14(21)20(13-16-9-5-6-11-18-16)12-10-17(22)19-15-7-3-2-4-8-15/h2-9,11H,10,12-13H2,1H3,(H,19,22). The van der Waals surface area contributed by atoms with Gasteiger partial charge in [-0.2, -0.15) is 0 Å². The van der Waals surface area contributed by atoms with Crippen LogP contribution in [0.5, 0.6) is 0 Å². The maximum Gasteiger partial charge on any atom is 0.226 e. The maximum absolute atomic E-state index is 11.9. The van der Waals surface area contributed by atoms with E-state index in [4.69, 9.17) is 0 Å². The lowest BCUT2D eigenvalue weighted by Crippen LogP contribution is -2.31. The van der Waals surface area contributed by atoms with Gasteiger partial charge >= 0.3 is 0 Å². The van der Waals surface area contributed by atoms with Crippen molar-refractivity contribution in [2.45, 2.75) is 19.9 Å². The highest BCUT2D eigenvalue weighted by Crippen LogP contribution is 2.07. The number of anilines is 1. The van der Waals surface area contributed by atoms with Crippen molar-refractivity contribution in [2.75, 3.05) is 11.9 Å². The second kappa shape index (κ2) is 7.93. The third-order valence-corrected chi connectivity index (χ3v) is 3.19. The summed E-state index contributed by atoms with van der Waals surface area (Å²) in [6.07, 6.45) is 1.94. The lowest BCUT2D eigenvalue weighted by Gasteiger charge is -2.20. The fraction of sp³-hybridized carbons (Fsp3) is 0.235. The van der Waals surface area contributed by atoms with Crippen LogP contribution in [0.4, 0.5) is 5.69 Å². The molecular weight excluding hydrogens is 278 g/mol. The van der Waals surface area contributed by atoms with E-state index in [2.05, 4.69) is 10.3 Å². The minimum Gasteiger partial charge on any atom is -0.337 e. The van der Waals surface area contributed by atoms with Crippen LogP contribution in [0.15, 0.2) is 54.7 Å². The van der Waals surface area contributed by atoms with Gasteiger partial charge in [0.25, 0.3) is 0 Å². The van der Waals surface area contributed by atoms with E-state index in [0.717, 1.165) is 11.4 Å². The van der Waals surface area contributed by atoms with E-state index in [1.165, 1.54) is 6.92 Å². The number of hydrogen-bond donors (Lipinski definition) is 1. The number of pyridine rings is 1. The molecule has 1 N–H and O–H groups in total. The Balaban J connectivity index is 1.86. The molecule has 1 aromatic heterocycles. The Morgan fingerprint density at radius 2 is 1.82 bits per heavy atom. The smallest absolute Gasteiger partial charge is 0.226 e. The first-order valence-corrected chi connectivity index (χ1v) is 7.15. The summed E-state index contributed by atoms with van der Waals surface area (Å²) in [5.74, 6) is -0.184. The van der Waals surface area contributed by atoms with Gasteiger partial charge in [-0.05, 0) is 24.3 Å². The molecule has 2 aromatic rings. The monoisotopic (exact) mass is 297 g/mol. The molecule has 0 fully saturated rings. The summed E-state index contributed by atoms with van der Waals surface area (Å²) in [5, 5.41) is 2.81. The first-order valence-electron chi connectivity index (χ1n) is 7.15. The number of rotatable bonds is 6. The van der Waals surface area contributed by atoms with E-state index < -0.39 is 0 Å². The quantitative estimate of drug-likeness (QED) is 0.891. The summed E-state index contributed by atoms with van der Waals surface area (Å²) in [5.41, 5.74) is 1.56. The Kier molecular flexibility index (Phi) is 5.65. The van der Waals surface area contributed by atoms with Gasteiger partial charge in [0.05, 0.1) is 12.2 Å². The second-order valence-corrected chi connectivity index (χ2v) is 4.93. The molecule has 0 spiro atoms. The predicted molar refractivity (Wildman–Crippen MR) is 85.0 cm³/mol. The number of para-hydroxylation sites is 1. The molecule has 2 amide bonds. The highest BCUT2D eigenvalue weighted by molar-refractivity contribution is 5.91. The van der Waals surface area contributed by atoms with E-state index in [1.54, 1.807) is 11.1 Å². The minimum absolute atomic E-state index is 0.0711. The van der Waals surface area contributed by atoms with Crippen molar-refractivity contribution in [1.82, 2.24) is 9.88 Å². The highest BCUT2D eigenvalue weighted by atomic mass is 16.2. The van der Waals surface area contributed by atoms with Gasteiger partial charge in [0, 0.05) is 31.8 Å². The molecule has 0 aliphatic heterocycles. The summed E-state index contributed by atoms with van der Waals surface area (Å²) in [6, 6.07) is 14.8. The van der Waals surface area contributed by atoms with Crippen LogP contribution in [0, 0.1) is 0 Å². The van der Waals surface area contributed by atoms with Crippen molar-refractivity contribution in [3.05, 3.63) is 60.4 Å². The Morgan fingerprint density at radius 1 is 1.09 bits per heavy atom. The second-order valence-electron chi connectivity index (χ2n) is 4.93. The molecule has 114 valence electrons. The van der Waals surface area contributed by atoms with E-state index in [1.807, 2.05) is 48.5 Å². The number of amides is 2. The van der Waals surface area contributed by atoms with Crippen LogP contribution < -0.4 is 5.32 Å². The summed E-state index contributed by atoms with van der Waals surface area (Å²) in [7, 11) is 0. The van der Waals surface area contributed by atoms with Crippen molar-refractivity contribution in [2.24, 2.45) is 0 Å². The molecule has 5 nitrogen and oxygen atoms in total. The van der Waals surface area contributed by atoms with Crippen molar-refractivity contribution in [1.29, 1.82) is 0 Å². The summed E-state index contributed by atoms with van der Waals surface area (Å²) in [6.45, 7) is 2.28. The Bertz CT molecular complexity index is 614. The van der Waals surface area contributed by atoms with Gasteiger partial charge in [-0.25, -0.2) is 0 Å². The zero-order valence-electron chi connectivity index (χ0n) is 12.5. The third kappa shape index (κ3) is 5.01. The average molecular weight is 297 g/mol. The van der Waals surface area contributed by atoms with Crippen LogP contribution in [-0.4, -0.2) is 28.2 Å². The zero-order valence-corrected chi connectivity index (χ0v) is 12.5. The topological polar surface area (TPSA) is 62.3 Å². The Morgan fingerprint density at radius 3 is 2.45 bits per heavy atom. The summed E-state index contributed by atoms with van der Waals surface area (Å²) < 4.78 is 0. The lowest BCUT2D eigenvalue weighted by atomic mass is 10.2. The molecule has 0 unspecified atom stereocenters. The van der Waals surface area contributed by atoms with Crippen LogP contribution in [0.1, 0.15) is 19.0 Å². The van der Waals surface area contributed by atoms with Crippen LogP contribution >= 0.6 is 0 Å².